The van der Waals surface area contributed by atoms with Crippen LogP contribution in [0.1, 0.15) is 29.8 Å². The van der Waals surface area contributed by atoms with Gasteiger partial charge in [0.1, 0.15) is 11.5 Å². The average molecular weight is 343 g/mol. The third-order valence-electron chi connectivity index (χ3n) is 5.06. The van der Waals surface area contributed by atoms with Crippen LogP contribution in [-0.2, 0) is 13.1 Å². The minimum atomic E-state index is 0.717. The lowest BCUT2D eigenvalue weighted by Gasteiger charge is -2.32. The van der Waals surface area contributed by atoms with Crippen LogP contribution in [0.5, 0.6) is 11.5 Å². The minimum Gasteiger partial charge on any atom is -0.497 e. The minimum absolute atomic E-state index is 0.717. The third kappa shape index (κ3) is 4.54. The van der Waals surface area contributed by atoms with Crippen molar-refractivity contribution in [3.8, 4) is 11.5 Å². The molecule has 0 N–H and O–H groups in total. The first-order valence-electron chi connectivity index (χ1n) is 9.02. The van der Waals surface area contributed by atoms with E-state index in [1.807, 2.05) is 6.07 Å². The van der Waals surface area contributed by atoms with Crippen LogP contribution in [-0.4, -0.2) is 42.0 Å². The predicted molar refractivity (Wildman–Crippen MR) is 99.2 cm³/mol. The molecule has 1 saturated heterocycles. The van der Waals surface area contributed by atoms with Gasteiger partial charge in [-0.25, -0.2) is 0 Å². The molecular formula is C20H29N3O2. The van der Waals surface area contributed by atoms with Crippen molar-refractivity contribution in [3.63, 3.8) is 0 Å². The quantitative estimate of drug-likeness (QED) is 0.806. The molecule has 0 amide bonds. The molecule has 1 fully saturated rings. The summed E-state index contributed by atoms with van der Waals surface area (Å²) < 4.78 is 12.9. The molecule has 5 heteroatoms. The van der Waals surface area contributed by atoms with Gasteiger partial charge in [-0.15, -0.1) is 0 Å². The molecule has 1 aliphatic heterocycles. The summed E-state index contributed by atoms with van der Waals surface area (Å²) in [5.41, 5.74) is 3.62. The molecule has 0 spiro atoms. The fourth-order valence-electron chi connectivity index (χ4n) is 3.65. The van der Waals surface area contributed by atoms with Crippen LogP contribution in [0, 0.1) is 19.8 Å². The van der Waals surface area contributed by atoms with E-state index in [0.717, 1.165) is 43.4 Å². The Kier molecular flexibility index (Phi) is 5.63. The van der Waals surface area contributed by atoms with Gasteiger partial charge in [-0.2, -0.15) is 5.10 Å². The Morgan fingerprint density at radius 1 is 1.00 bits per heavy atom. The third-order valence-corrected chi connectivity index (χ3v) is 5.06. The van der Waals surface area contributed by atoms with Crippen molar-refractivity contribution >= 4 is 0 Å². The number of aryl methyl sites for hydroxylation is 2. The number of methoxy groups -OCH3 is 2. The number of benzene rings is 1. The number of ether oxygens (including phenoxy) is 2. The zero-order valence-corrected chi connectivity index (χ0v) is 15.8. The van der Waals surface area contributed by atoms with Crippen LogP contribution in [0.15, 0.2) is 24.3 Å². The van der Waals surface area contributed by atoms with E-state index in [4.69, 9.17) is 9.47 Å². The predicted octanol–water partition coefficient (Wildman–Crippen LogP) is 3.43. The first kappa shape index (κ1) is 17.8. The van der Waals surface area contributed by atoms with Crippen LogP contribution >= 0.6 is 0 Å². The molecule has 0 aliphatic carbocycles. The van der Waals surface area contributed by atoms with E-state index in [1.165, 1.54) is 24.1 Å². The molecule has 3 rings (SSSR count). The van der Waals surface area contributed by atoms with E-state index in [2.05, 4.69) is 46.7 Å². The molecule has 0 atom stereocenters. The highest BCUT2D eigenvalue weighted by molar-refractivity contribution is 5.38. The Morgan fingerprint density at radius 2 is 1.64 bits per heavy atom. The molecular weight excluding hydrogens is 314 g/mol. The van der Waals surface area contributed by atoms with Gasteiger partial charge >= 0.3 is 0 Å². The second kappa shape index (κ2) is 7.91. The smallest absolute Gasteiger partial charge is 0.122 e. The maximum atomic E-state index is 5.37. The molecule has 1 aliphatic rings. The van der Waals surface area contributed by atoms with E-state index in [-0.39, 0.29) is 0 Å². The number of aromatic nitrogens is 2. The Bertz CT molecular complexity index is 681. The van der Waals surface area contributed by atoms with Crippen molar-refractivity contribution in [1.82, 2.24) is 14.7 Å². The Morgan fingerprint density at radius 3 is 2.16 bits per heavy atom. The van der Waals surface area contributed by atoms with E-state index in [0.29, 0.717) is 5.92 Å². The van der Waals surface area contributed by atoms with E-state index in [1.54, 1.807) is 14.2 Å². The van der Waals surface area contributed by atoms with Gasteiger partial charge in [-0.3, -0.25) is 9.58 Å². The van der Waals surface area contributed by atoms with Crippen LogP contribution in [0.25, 0.3) is 0 Å². The zero-order chi connectivity index (χ0) is 17.8. The highest BCUT2D eigenvalue weighted by Gasteiger charge is 2.21. The molecule has 2 heterocycles. The number of piperidine rings is 1. The van der Waals surface area contributed by atoms with Gasteiger partial charge in [0, 0.05) is 24.8 Å². The maximum Gasteiger partial charge on any atom is 0.122 e. The molecule has 0 unspecified atom stereocenters. The standard InChI is InChI=1S/C20H29N3O2/c1-15-9-16(2)23(21-15)14-17-5-7-22(8-6-17)13-18-10-19(24-3)12-20(11-18)25-4/h9-12,17H,5-8,13-14H2,1-4H3. The van der Waals surface area contributed by atoms with Crippen LogP contribution in [0.4, 0.5) is 0 Å². The number of hydrogen-bond donors (Lipinski definition) is 0. The lowest BCUT2D eigenvalue weighted by molar-refractivity contribution is 0.164. The molecule has 0 bridgehead atoms. The van der Waals surface area contributed by atoms with Gasteiger partial charge < -0.3 is 9.47 Å². The lowest BCUT2D eigenvalue weighted by atomic mass is 9.96. The van der Waals surface area contributed by atoms with Crippen molar-refractivity contribution in [2.45, 2.75) is 39.8 Å². The van der Waals surface area contributed by atoms with Crippen LogP contribution < -0.4 is 9.47 Å². The number of likely N-dealkylation sites (tertiary alicyclic amines) is 1. The number of nitrogens with zero attached hydrogens (tertiary/aromatic N) is 3. The Labute approximate surface area is 150 Å². The summed E-state index contributed by atoms with van der Waals surface area (Å²) >= 11 is 0. The molecule has 1 aromatic carbocycles. The summed E-state index contributed by atoms with van der Waals surface area (Å²) in [5, 5.41) is 4.60. The summed E-state index contributed by atoms with van der Waals surface area (Å²) in [4.78, 5) is 2.52. The van der Waals surface area contributed by atoms with Crippen molar-refractivity contribution in [3.05, 3.63) is 41.2 Å². The molecule has 25 heavy (non-hydrogen) atoms. The Balaban J connectivity index is 1.55. The van der Waals surface area contributed by atoms with E-state index in [9.17, 15) is 0 Å². The van der Waals surface area contributed by atoms with Gasteiger partial charge in [0.05, 0.1) is 19.9 Å². The summed E-state index contributed by atoms with van der Waals surface area (Å²) in [5.74, 6) is 2.43. The van der Waals surface area contributed by atoms with Crippen molar-refractivity contribution in [2.75, 3.05) is 27.3 Å². The van der Waals surface area contributed by atoms with Gasteiger partial charge in [0.2, 0.25) is 0 Å². The summed E-state index contributed by atoms with van der Waals surface area (Å²) in [6.45, 7) is 8.45. The number of rotatable bonds is 6. The summed E-state index contributed by atoms with van der Waals surface area (Å²) in [7, 11) is 3.39. The van der Waals surface area contributed by atoms with Crippen molar-refractivity contribution < 1.29 is 9.47 Å². The molecule has 1 aromatic heterocycles. The first-order valence-corrected chi connectivity index (χ1v) is 9.02. The zero-order valence-electron chi connectivity index (χ0n) is 15.8. The van der Waals surface area contributed by atoms with Gasteiger partial charge in [0.25, 0.3) is 0 Å². The van der Waals surface area contributed by atoms with E-state index >= 15 is 0 Å². The molecule has 2 aromatic rings. The second-order valence-corrected chi connectivity index (χ2v) is 7.05. The van der Waals surface area contributed by atoms with Crippen LogP contribution in [0.2, 0.25) is 0 Å². The fraction of sp³-hybridized carbons (Fsp3) is 0.550. The maximum absolute atomic E-state index is 5.37. The first-order chi connectivity index (χ1) is 12.1. The number of hydrogen-bond acceptors (Lipinski definition) is 4. The van der Waals surface area contributed by atoms with Gasteiger partial charge in [-0.1, -0.05) is 0 Å². The SMILES string of the molecule is COc1cc(CN2CCC(Cn3nc(C)cc3C)CC2)cc(OC)c1. The molecule has 136 valence electrons. The van der Waals surface area contributed by atoms with Crippen molar-refractivity contribution in [2.24, 2.45) is 5.92 Å². The Hall–Kier alpha value is -2.01. The lowest BCUT2D eigenvalue weighted by Crippen LogP contribution is -2.34. The van der Waals surface area contributed by atoms with Gasteiger partial charge in [-0.05, 0) is 69.5 Å². The van der Waals surface area contributed by atoms with Crippen LogP contribution in [0.3, 0.4) is 0 Å². The molecule has 0 radical (unpaired) electrons. The fourth-order valence-corrected chi connectivity index (χ4v) is 3.65. The largest absolute Gasteiger partial charge is 0.497 e. The topological polar surface area (TPSA) is 39.5 Å². The highest BCUT2D eigenvalue weighted by Crippen LogP contribution is 2.26. The van der Waals surface area contributed by atoms with E-state index < -0.39 is 0 Å². The van der Waals surface area contributed by atoms with Gasteiger partial charge in [0.15, 0.2) is 0 Å². The second-order valence-electron chi connectivity index (χ2n) is 7.05. The normalized spacial score (nSPS) is 16.2. The molecule has 0 saturated carbocycles. The molecule has 5 nitrogen and oxygen atoms in total. The highest BCUT2D eigenvalue weighted by atomic mass is 16.5. The average Bonchev–Trinajstić information content (AvgIpc) is 2.93. The van der Waals surface area contributed by atoms with Crippen molar-refractivity contribution in [1.29, 1.82) is 0 Å². The summed E-state index contributed by atoms with van der Waals surface area (Å²) in [6, 6.07) is 8.28. The summed E-state index contributed by atoms with van der Waals surface area (Å²) in [6.07, 6.45) is 2.44. The monoisotopic (exact) mass is 343 g/mol.